The molecule has 0 aliphatic carbocycles. The van der Waals surface area contributed by atoms with Crippen molar-refractivity contribution in [1.29, 1.82) is 0 Å². The van der Waals surface area contributed by atoms with E-state index in [2.05, 4.69) is 10.2 Å². The first-order valence-electron chi connectivity index (χ1n) is 9.16. The van der Waals surface area contributed by atoms with E-state index < -0.39 is 40.2 Å². The molecule has 164 valence electrons. The van der Waals surface area contributed by atoms with Crippen LogP contribution in [0.3, 0.4) is 0 Å². The predicted octanol–water partition coefficient (Wildman–Crippen LogP) is 2.55. The van der Waals surface area contributed by atoms with Crippen LogP contribution in [0.5, 0.6) is 0 Å². The SMILES string of the molecule is O=C(NCC(F)(F)F)c1cc(C2CCN(S(=O)(=O)Cc3ccccc3F)CC2)[nH]n1. The number of aromatic amines is 1. The molecule has 2 aromatic rings. The first-order chi connectivity index (χ1) is 14.0. The fraction of sp³-hybridized carbons (Fsp3) is 0.444. The summed E-state index contributed by atoms with van der Waals surface area (Å²) < 4.78 is 76.9. The lowest BCUT2D eigenvalue weighted by Gasteiger charge is -2.30. The van der Waals surface area contributed by atoms with E-state index in [0.29, 0.717) is 18.5 Å². The van der Waals surface area contributed by atoms with E-state index in [4.69, 9.17) is 0 Å². The van der Waals surface area contributed by atoms with Gasteiger partial charge in [-0.15, -0.1) is 0 Å². The van der Waals surface area contributed by atoms with Crippen molar-refractivity contribution < 1.29 is 30.8 Å². The Hall–Kier alpha value is -2.47. The zero-order valence-electron chi connectivity index (χ0n) is 15.7. The number of rotatable bonds is 6. The highest BCUT2D eigenvalue weighted by Gasteiger charge is 2.31. The van der Waals surface area contributed by atoms with Gasteiger partial charge < -0.3 is 5.32 Å². The van der Waals surface area contributed by atoms with Crippen LogP contribution in [0.2, 0.25) is 0 Å². The van der Waals surface area contributed by atoms with Gasteiger partial charge in [-0.1, -0.05) is 18.2 Å². The molecule has 1 aromatic heterocycles. The molecule has 0 saturated carbocycles. The summed E-state index contributed by atoms with van der Waals surface area (Å²) >= 11 is 0. The van der Waals surface area contributed by atoms with Gasteiger partial charge in [-0.3, -0.25) is 9.89 Å². The van der Waals surface area contributed by atoms with Crippen LogP contribution in [0, 0.1) is 5.82 Å². The summed E-state index contributed by atoms with van der Waals surface area (Å²) in [6.07, 6.45) is -3.65. The minimum Gasteiger partial charge on any atom is -0.342 e. The topological polar surface area (TPSA) is 95.2 Å². The molecule has 1 aromatic carbocycles. The molecule has 0 bridgehead atoms. The van der Waals surface area contributed by atoms with Crippen molar-refractivity contribution in [2.45, 2.75) is 30.7 Å². The van der Waals surface area contributed by atoms with E-state index in [9.17, 15) is 30.8 Å². The highest BCUT2D eigenvalue weighted by atomic mass is 32.2. The average molecular weight is 448 g/mol. The van der Waals surface area contributed by atoms with Crippen molar-refractivity contribution in [3.8, 4) is 0 Å². The lowest BCUT2D eigenvalue weighted by molar-refractivity contribution is -0.123. The first kappa shape index (κ1) is 22.2. The summed E-state index contributed by atoms with van der Waals surface area (Å²) in [6.45, 7) is -1.04. The largest absolute Gasteiger partial charge is 0.405 e. The van der Waals surface area contributed by atoms with Gasteiger partial charge >= 0.3 is 6.18 Å². The predicted molar refractivity (Wildman–Crippen MR) is 99.5 cm³/mol. The molecule has 0 atom stereocenters. The Morgan fingerprint density at radius 3 is 2.53 bits per heavy atom. The third-order valence-electron chi connectivity index (χ3n) is 4.86. The fourth-order valence-corrected chi connectivity index (χ4v) is 4.86. The van der Waals surface area contributed by atoms with Crippen LogP contribution in [0.4, 0.5) is 17.6 Å². The van der Waals surface area contributed by atoms with Gasteiger partial charge in [-0.25, -0.2) is 17.1 Å². The number of halogens is 4. The van der Waals surface area contributed by atoms with Crippen LogP contribution in [0.1, 0.15) is 40.5 Å². The van der Waals surface area contributed by atoms with E-state index in [-0.39, 0.29) is 30.3 Å². The Labute approximate surface area is 170 Å². The molecule has 0 spiro atoms. The molecule has 0 unspecified atom stereocenters. The number of sulfonamides is 1. The summed E-state index contributed by atoms with van der Waals surface area (Å²) in [4.78, 5) is 11.8. The highest BCUT2D eigenvalue weighted by molar-refractivity contribution is 7.88. The molecule has 12 heteroatoms. The molecule has 1 aliphatic heterocycles. The van der Waals surface area contributed by atoms with Gasteiger partial charge in [0, 0.05) is 30.3 Å². The summed E-state index contributed by atoms with van der Waals surface area (Å²) in [7, 11) is -3.70. The number of amides is 1. The molecule has 7 nitrogen and oxygen atoms in total. The van der Waals surface area contributed by atoms with E-state index in [1.165, 1.54) is 28.6 Å². The van der Waals surface area contributed by atoms with Gasteiger partial charge in [0.05, 0.1) is 5.75 Å². The molecule has 0 radical (unpaired) electrons. The molecule has 30 heavy (non-hydrogen) atoms. The zero-order valence-corrected chi connectivity index (χ0v) is 16.6. The van der Waals surface area contributed by atoms with Crippen molar-refractivity contribution in [1.82, 2.24) is 19.8 Å². The lowest BCUT2D eigenvalue weighted by Crippen LogP contribution is -2.38. The molecule has 2 heterocycles. The normalized spacial score (nSPS) is 16.5. The van der Waals surface area contributed by atoms with Crippen molar-refractivity contribution in [3.05, 3.63) is 53.1 Å². The molecule has 1 aliphatic rings. The van der Waals surface area contributed by atoms with Gasteiger partial charge in [0.2, 0.25) is 10.0 Å². The van der Waals surface area contributed by atoms with Crippen molar-refractivity contribution in [2.75, 3.05) is 19.6 Å². The molecular weight excluding hydrogens is 428 g/mol. The van der Waals surface area contributed by atoms with Gasteiger partial charge in [0.15, 0.2) is 0 Å². The summed E-state index contributed by atoms with van der Waals surface area (Å²) in [5, 5.41) is 8.14. The van der Waals surface area contributed by atoms with Crippen LogP contribution in [-0.4, -0.2) is 54.6 Å². The van der Waals surface area contributed by atoms with Gasteiger partial charge in [-0.05, 0) is 25.0 Å². The quantitative estimate of drug-likeness (QED) is 0.664. The molecule has 1 amide bonds. The molecule has 3 rings (SSSR count). The van der Waals surface area contributed by atoms with Gasteiger partial charge in [0.25, 0.3) is 5.91 Å². The number of benzene rings is 1. The maximum absolute atomic E-state index is 13.8. The number of H-pyrrole nitrogens is 1. The Balaban J connectivity index is 1.57. The number of carbonyl (C=O) groups excluding carboxylic acids is 1. The number of alkyl halides is 3. The van der Waals surface area contributed by atoms with Crippen molar-refractivity contribution >= 4 is 15.9 Å². The number of hydrogen-bond donors (Lipinski definition) is 2. The molecule has 1 fully saturated rings. The third kappa shape index (κ3) is 5.57. The Bertz CT molecular complexity index is 999. The van der Waals surface area contributed by atoms with Gasteiger partial charge in [0.1, 0.15) is 18.1 Å². The smallest absolute Gasteiger partial charge is 0.342 e. The standard InChI is InChI=1S/C18H20F4N4O3S/c19-14-4-2-1-3-13(14)10-30(28,29)26-7-5-12(6-8-26)15-9-16(25-24-15)17(27)23-11-18(20,21)22/h1-4,9,12H,5-8,10-11H2,(H,23,27)(H,24,25). The van der Waals surface area contributed by atoms with Crippen LogP contribution < -0.4 is 5.32 Å². The third-order valence-corrected chi connectivity index (χ3v) is 6.69. The van der Waals surface area contributed by atoms with E-state index in [1.807, 2.05) is 0 Å². The van der Waals surface area contributed by atoms with Crippen LogP contribution in [0.25, 0.3) is 0 Å². The number of piperidine rings is 1. The summed E-state index contributed by atoms with van der Waals surface area (Å²) in [5.74, 6) is -2.08. The number of carbonyl (C=O) groups is 1. The minimum absolute atomic E-state index is 0.0997. The van der Waals surface area contributed by atoms with Crippen molar-refractivity contribution in [2.24, 2.45) is 0 Å². The first-order valence-corrected chi connectivity index (χ1v) is 10.8. The van der Waals surface area contributed by atoms with Gasteiger partial charge in [-0.2, -0.15) is 18.3 Å². The van der Waals surface area contributed by atoms with Crippen LogP contribution >= 0.6 is 0 Å². The Kier molecular flexibility index (Phi) is 6.46. The van der Waals surface area contributed by atoms with Crippen molar-refractivity contribution in [3.63, 3.8) is 0 Å². The summed E-state index contributed by atoms with van der Waals surface area (Å²) in [6, 6.07) is 7.06. The Morgan fingerprint density at radius 2 is 1.90 bits per heavy atom. The zero-order chi connectivity index (χ0) is 21.9. The van der Waals surface area contributed by atoms with E-state index in [0.717, 1.165) is 0 Å². The maximum Gasteiger partial charge on any atom is 0.405 e. The number of nitrogens with one attached hydrogen (secondary N) is 2. The minimum atomic E-state index is -4.52. The summed E-state index contributed by atoms with van der Waals surface area (Å²) in [5.41, 5.74) is 0.491. The second-order valence-electron chi connectivity index (χ2n) is 7.03. The second kappa shape index (κ2) is 8.72. The van der Waals surface area contributed by atoms with E-state index >= 15 is 0 Å². The molecular formula is C18H20F4N4O3S. The maximum atomic E-state index is 13.8. The van der Waals surface area contributed by atoms with E-state index in [1.54, 1.807) is 11.4 Å². The number of aromatic nitrogens is 2. The average Bonchev–Trinajstić information content (AvgIpc) is 3.18. The monoisotopic (exact) mass is 448 g/mol. The van der Waals surface area contributed by atoms with Crippen LogP contribution in [0.15, 0.2) is 30.3 Å². The number of nitrogens with zero attached hydrogens (tertiary/aromatic N) is 2. The highest BCUT2D eigenvalue weighted by Crippen LogP contribution is 2.29. The molecule has 2 N–H and O–H groups in total. The Morgan fingerprint density at radius 1 is 1.23 bits per heavy atom. The molecule has 1 saturated heterocycles. The van der Waals surface area contributed by atoms with Crippen LogP contribution in [-0.2, 0) is 15.8 Å². The number of hydrogen-bond acceptors (Lipinski definition) is 4. The fourth-order valence-electron chi connectivity index (χ4n) is 3.28. The second-order valence-corrected chi connectivity index (χ2v) is 9.00. The lowest BCUT2D eigenvalue weighted by atomic mass is 9.94.